The molecule has 0 aliphatic heterocycles. The molecule has 1 amide bonds. The molecule has 0 unspecified atom stereocenters. The number of benzene rings is 3. The summed E-state index contributed by atoms with van der Waals surface area (Å²) in [6, 6.07) is 21.0. The molecule has 0 radical (unpaired) electrons. The maximum Gasteiger partial charge on any atom is 0.251 e. The quantitative estimate of drug-likeness (QED) is 0.422. The van der Waals surface area contributed by atoms with Crippen LogP contribution in [0, 0.1) is 6.92 Å². The summed E-state index contributed by atoms with van der Waals surface area (Å²) in [5.41, 5.74) is 4.54. The number of hydrogen-bond acceptors (Lipinski definition) is 2. The van der Waals surface area contributed by atoms with Gasteiger partial charge in [0.15, 0.2) is 0 Å². The first-order valence-electron chi connectivity index (χ1n) is 9.75. The highest BCUT2D eigenvalue weighted by atomic mass is 35.5. The number of hydrogen-bond donors (Lipinski definition) is 1. The van der Waals surface area contributed by atoms with Gasteiger partial charge in [0, 0.05) is 34.1 Å². The third kappa shape index (κ3) is 4.35. The van der Waals surface area contributed by atoms with E-state index in [0.29, 0.717) is 35.1 Å². The molecule has 4 aromatic rings. The van der Waals surface area contributed by atoms with E-state index in [0.717, 1.165) is 28.0 Å². The molecular weight excluding hydrogens is 417 g/mol. The van der Waals surface area contributed by atoms with Gasteiger partial charge in [-0.3, -0.25) is 4.79 Å². The van der Waals surface area contributed by atoms with Crippen LogP contribution in [0.15, 0.2) is 66.7 Å². The number of aromatic nitrogens is 2. The molecule has 1 aromatic heterocycles. The van der Waals surface area contributed by atoms with Gasteiger partial charge >= 0.3 is 0 Å². The van der Waals surface area contributed by atoms with Gasteiger partial charge in [-0.1, -0.05) is 59.1 Å². The Morgan fingerprint density at radius 3 is 2.40 bits per heavy atom. The van der Waals surface area contributed by atoms with E-state index in [9.17, 15) is 4.79 Å². The van der Waals surface area contributed by atoms with Crippen molar-refractivity contribution in [2.75, 3.05) is 6.54 Å². The topological polar surface area (TPSA) is 46.9 Å². The molecule has 152 valence electrons. The summed E-state index contributed by atoms with van der Waals surface area (Å²) < 4.78 is 2.11. The standard InChI is InChI=1S/C24H21Cl2N3O/c1-16-9-11-17(12-10-16)24(30)27-14-13-23-28-21-7-2-3-8-22(21)29(23)15-18-19(25)5-4-6-20(18)26/h2-12H,13-15H2,1H3,(H,27,30). The summed E-state index contributed by atoms with van der Waals surface area (Å²) in [6.07, 6.45) is 0.592. The van der Waals surface area contributed by atoms with Crippen molar-refractivity contribution in [2.24, 2.45) is 0 Å². The third-order valence-corrected chi connectivity index (χ3v) is 5.77. The first kappa shape index (κ1) is 20.5. The molecule has 0 spiro atoms. The van der Waals surface area contributed by atoms with Crippen molar-refractivity contribution in [1.29, 1.82) is 0 Å². The maximum absolute atomic E-state index is 12.4. The Bertz CT molecular complexity index is 1180. The summed E-state index contributed by atoms with van der Waals surface area (Å²) in [7, 11) is 0. The van der Waals surface area contributed by atoms with Crippen molar-refractivity contribution in [3.8, 4) is 0 Å². The number of amides is 1. The number of carbonyl (C=O) groups excluding carboxylic acids is 1. The first-order valence-corrected chi connectivity index (χ1v) is 10.5. The van der Waals surface area contributed by atoms with Crippen molar-refractivity contribution in [3.05, 3.63) is 99.3 Å². The predicted molar refractivity (Wildman–Crippen MR) is 123 cm³/mol. The molecule has 4 nitrogen and oxygen atoms in total. The Labute approximate surface area is 185 Å². The van der Waals surface area contributed by atoms with Crippen LogP contribution in [0.2, 0.25) is 10.0 Å². The van der Waals surface area contributed by atoms with E-state index in [1.165, 1.54) is 0 Å². The SMILES string of the molecule is Cc1ccc(C(=O)NCCc2nc3ccccc3n2Cc2c(Cl)cccc2Cl)cc1. The number of imidazole rings is 1. The fourth-order valence-corrected chi connectivity index (χ4v) is 3.95. The molecule has 4 rings (SSSR count). The van der Waals surface area contributed by atoms with Crippen LogP contribution in [-0.4, -0.2) is 22.0 Å². The Morgan fingerprint density at radius 1 is 0.967 bits per heavy atom. The highest BCUT2D eigenvalue weighted by molar-refractivity contribution is 6.36. The van der Waals surface area contributed by atoms with Gasteiger partial charge < -0.3 is 9.88 Å². The van der Waals surface area contributed by atoms with Gasteiger partial charge in [0.1, 0.15) is 5.82 Å². The number of rotatable bonds is 6. The molecule has 30 heavy (non-hydrogen) atoms. The summed E-state index contributed by atoms with van der Waals surface area (Å²) >= 11 is 12.8. The number of halogens is 2. The molecule has 6 heteroatoms. The van der Waals surface area contributed by atoms with Gasteiger partial charge in [0.05, 0.1) is 17.6 Å². The van der Waals surface area contributed by atoms with E-state index in [4.69, 9.17) is 28.2 Å². The zero-order chi connectivity index (χ0) is 21.1. The van der Waals surface area contributed by atoms with Gasteiger partial charge in [-0.15, -0.1) is 0 Å². The van der Waals surface area contributed by atoms with Crippen LogP contribution < -0.4 is 5.32 Å². The average Bonchev–Trinajstić information content (AvgIpc) is 3.08. The number of carbonyl (C=O) groups is 1. The van der Waals surface area contributed by atoms with Crippen LogP contribution in [0.5, 0.6) is 0 Å². The normalized spacial score (nSPS) is 11.0. The van der Waals surface area contributed by atoms with Crippen LogP contribution >= 0.6 is 23.2 Å². The van der Waals surface area contributed by atoms with E-state index in [1.807, 2.05) is 73.7 Å². The molecule has 3 aromatic carbocycles. The molecule has 0 saturated carbocycles. The second kappa shape index (κ2) is 8.90. The van der Waals surface area contributed by atoms with Gasteiger partial charge in [-0.25, -0.2) is 4.98 Å². The van der Waals surface area contributed by atoms with E-state index in [2.05, 4.69) is 9.88 Å². The summed E-state index contributed by atoms with van der Waals surface area (Å²) in [5.74, 6) is 0.781. The Morgan fingerprint density at radius 2 is 1.67 bits per heavy atom. The van der Waals surface area contributed by atoms with Crippen LogP contribution in [0.4, 0.5) is 0 Å². The molecule has 0 saturated heterocycles. The number of nitrogens with zero attached hydrogens (tertiary/aromatic N) is 2. The second-order valence-corrected chi connectivity index (χ2v) is 7.99. The Balaban J connectivity index is 1.56. The molecular formula is C24H21Cl2N3O. The third-order valence-electron chi connectivity index (χ3n) is 5.06. The van der Waals surface area contributed by atoms with Gasteiger partial charge in [-0.2, -0.15) is 0 Å². The minimum absolute atomic E-state index is 0.0909. The Kier molecular flexibility index (Phi) is 6.07. The largest absolute Gasteiger partial charge is 0.352 e. The van der Waals surface area contributed by atoms with Crippen molar-refractivity contribution < 1.29 is 4.79 Å². The first-order chi connectivity index (χ1) is 14.5. The zero-order valence-corrected chi connectivity index (χ0v) is 18.0. The fourth-order valence-electron chi connectivity index (χ4n) is 3.43. The fraction of sp³-hybridized carbons (Fsp3) is 0.167. The number of para-hydroxylation sites is 2. The van der Waals surface area contributed by atoms with E-state index in [-0.39, 0.29) is 5.91 Å². The molecule has 0 aliphatic carbocycles. The number of nitrogens with one attached hydrogen (secondary N) is 1. The number of fused-ring (bicyclic) bond motifs is 1. The molecule has 1 N–H and O–H groups in total. The Hall–Kier alpha value is -2.82. The predicted octanol–water partition coefficient (Wildman–Crippen LogP) is 5.67. The minimum atomic E-state index is -0.0909. The lowest BCUT2D eigenvalue weighted by molar-refractivity contribution is 0.0954. The lowest BCUT2D eigenvalue weighted by Gasteiger charge is -2.13. The van der Waals surface area contributed by atoms with E-state index in [1.54, 1.807) is 0 Å². The molecule has 0 fully saturated rings. The van der Waals surface area contributed by atoms with Crippen molar-refractivity contribution in [3.63, 3.8) is 0 Å². The second-order valence-electron chi connectivity index (χ2n) is 7.18. The van der Waals surface area contributed by atoms with E-state index >= 15 is 0 Å². The van der Waals surface area contributed by atoms with Crippen molar-refractivity contribution in [2.45, 2.75) is 19.9 Å². The lowest BCUT2D eigenvalue weighted by Crippen LogP contribution is -2.26. The van der Waals surface area contributed by atoms with Crippen molar-refractivity contribution in [1.82, 2.24) is 14.9 Å². The molecule has 0 aliphatic rings. The van der Waals surface area contributed by atoms with Gasteiger partial charge in [0.25, 0.3) is 5.91 Å². The summed E-state index contributed by atoms with van der Waals surface area (Å²) in [5, 5.41) is 4.23. The van der Waals surface area contributed by atoms with Crippen molar-refractivity contribution >= 4 is 40.1 Å². The van der Waals surface area contributed by atoms with Gasteiger partial charge in [-0.05, 0) is 43.3 Å². The highest BCUT2D eigenvalue weighted by Gasteiger charge is 2.14. The summed E-state index contributed by atoms with van der Waals surface area (Å²) in [4.78, 5) is 17.2. The minimum Gasteiger partial charge on any atom is -0.352 e. The number of aryl methyl sites for hydroxylation is 1. The maximum atomic E-state index is 12.4. The smallest absolute Gasteiger partial charge is 0.251 e. The molecule has 0 bridgehead atoms. The highest BCUT2D eigenvalue weighted by Crippen LogP contribution is 2.27. The monoisotopic (exact) mass is 437 g/mol. The lowest BCUT2D eigenvalue weighted by atomic mass is 10.1. The van der Waals surface area contributed by atoms with E-state index < -0.39 is 0 Å². The van der Waals surface area contributed by atoms with Crippen LogP contribution in [0.3, 0.4) is 0 Å². The van der Waals surface area contributed by atoms with Crippen LogP contribution in [0.1, 0.15) is 27.3 Å². The summed E-state index contributed by atoms with van der Waals surface area (Å²) in [6.45, 7) is 2.99. The average molecular weight is 438 g/mol. The molecule has 0 atom stereocenters. The zero-order valence-electron chi connectivity index (χ0n) is 16.5. The van der Waals surface area contributed by atoms with Crippen LogP contribution in [-0.2, 0) is 13.0 Å². The molecule has 1 heterocycles. The van der Waals surface area contributed by atoms with Crippen LogP contribution in [0.25, 0.3) is 11.0 Å². The van der Waals surface area contributed by atoms with Gasteiger partial charge in [0.2, 0.25) is 0 Å².